The van der Waals surface area contributed by atoms with Crippen LogP contribution in [-0.4, -0.2) is 29.4 Å². The van der Waals surface area contributed by atoms with Crippen LogP contribution < -0.4 is 16.4 Å². The molecular formula is C12H18N4O2. The lowest BCUT2D eigenvalue weighted by molar-refractivity contribution is -0.119. The SMILES string of the molecule is CCCNc1ncccc1C(=O)NC(C)C(N)=O. The highest BCUT2D eigenvalue weighted by Gasteiger charge is 2.16. The first-order chi connectivity index (χ1) is 8.56. The summed E-state index contributed by atoms with van der Waals surface area (Å²) in [7, 11) is 0. The molecule has 0 aliphatic rings. The highest BCUT2D eigenvalue weighted by Crippen LogP contribution is 2.11. The zero-order valence-electron chi connectivity index (χ0n) is 10.6. The Bertz CT molecular complexity index is 434. The van der Waals surface area contributed by atoms with Crippen LogP contribution in [-0.2, 0) is 4.79 Å². The van der Waals surface area contributed by atoms with Gasteiger partial charge in [0.15, 0.2) is 0 Å². The highest BCUT2D eigenvalue weighted by atomic mass is 16.2. The summed E-state index contributed by atoms with van der Waals surface area (Å²) in [5.74, 6) is -0.433. The van der Waals surface area contributed by atoms with Crippen LogP contribution in [0.15, 0.2) is 18.3 Å². The predicted octanol–water partition coefficient (Wildman–Crippen LogP) is 0.507. The number of anilines is 1. The van der Waals surface area contributed by atoms with Crippen molar-refractivity contribution in [2.75, 3.05) is 11.9 Å². The van der Waals surface area contributed by atoms with Gasteiger partial charge in [-0.2, -0.15) is 0 Å². The van der Waals surface area contributed by atoms with Gasteiger partial charge in [0.05, 0.1) is 5.56 Å². The minimum absolute atomic E-state index is 0.368. The quantitative estimate of drug-likeness (QED) is 0.685. The molecule has 0 aromatic carbocycles. The maximum absolute atomic E-state index is 11.9. The van der Waals surface area contributed by atoms with Crippen LogP contribution in [0.3, 0.4) is 0 Å². The third-order valence-electron chi connectivity index (χ3n) is 2.37. The number of hydrogen-bond donors (Lipinski definition) is 3. The van der Waals surface area contributed by atoms with E-state index in [2.05, 4.69) is 15.6 Å². The minimum atomic E-state index is -0.711. The molecule has 0 saturated heterocycles. The van der Waals surface area contributed by atoms with Gasteiger partial charge in [0.25, 0.3) is 5.91 Å². The van der Waals surface area contributed by atoms with Gasteiger partial charge in [-0.05, 0) is 25.5 Å². The van der Waals surface area contributed by atoms with E-state index in [1.54, 1.807) is 18.3 Å². The minimum Gasteiger partial charge on any atom is -0.369 e. The molecule has 0 fully saturated rings. The number of rotatable bonds is 6. The Morgan fingerprint density at radius 2 is 2.22 bits per heavy atom. The molecule has 0 spiro atoms. The molecule has 1 unspecified atom stereocenters. The van der Waals surface area contributed by atoms with Crippen molar-refractivity contribution in [3.8, 4) is 0 Å². The first-order valence-corrected chi connectivity index (χ1v) is 5.85. The number of primary amides is 1. The van der Waals surface area contributed by atoms with Crippen LogP contribution in [0.2, 0.25) is 0 Å². The summed E-state index contributed by atoms with van der Waals surface area (Å²) in [4.78, 5) is 26.9. The predicted molar refractivity (Wildman–Crippen MR) is 69.1 cm³/mol. The number of pyridine rings is 1. The Balaban J connectivity index is 2.81. The second-order valence-electron chi connectivity index (χ2n) is 3.92. The lowest BCUT2D eigenvalue weighted by atomic mass is 10.2. The summed E-state index contributed by atoms with van der Waals surface area (Å²) in [5.41, 5.74) is 5.50. The van der Waals surface area contributed by atoms with Gasteiger partial charge in [0.1, 0.15) is 11.9 Å². The van der Waals surface area contributed by atoms with Crippen molar-refractivity contribution in [3.05, 3.63) is 23.9 Å². The average molecular weight is 250 g/mol. The van der Waals surface area contributed by atoms with Gasteiger partial charge in [0, 0.05) is 12.7 Å². The largest absolute Gasteiger partial charge is 0.369 e. The summed E-state index contributed by atoms with van der Waals surface area (Å²) >= 11 is 0. The summed E-state index contributed by atoms with van der Waals surface area (Å²) in [6.45, 7) is 4.28. The van der Waals surface area contributed by atoms with E-state index in [9.17, 15) is 9.59 Å². The van der Waals surface area contributed by atoms with E-state index in [1.807, 2.05) is 6.92 Å². The summed E-state index contributed by atoms with van der Waals surface area (Å²) in [6, 6.07) is 2.60. The number of nitrogens with zero attached hydrogens (tertiary/aromatic N) is 1. The third-order valence-corrected chi connectivity index (χ3v) is 2.37. The highest BCUT2D eigenvalue weighted by molar-refractivity contribution is 6.00. The van der Waals surface area contributed by atoms with E-state index < -0.39 is 11.9 Å². The molecule has 1 aromatic rings. The number of hydrogen-bond acceptors (Lipinski definition) is 4. The Morgan fingerprint density at radius 1 is 1.50 bits per heavy atom. The second kappa shape index (κ2) is 6.58. The molecule has 1 rings (SSSR count). The van der Waals surface area contributed by atoms with Crippen LogP contribution in [0.25, 0.3) is 0 Å². The van der Waals surface area contributed by atoms with E-state index in [0.29, 0.717) is 11.4 Å². The van der Waals surface area contributed by atoms with Crippen LogP contribution in [0.1, 0.15) is 30.6 Å². The van der Waals surface area contributed by atoms with Gasteiger partial charge in [-0.1, -0.05) is 6.92 Å². The molecule has 0 aliphatic carbocycles. The Hall–Kier alpha value is -2.11. The molecule has 2 amide bonds. The van der Waals surface area contributed by atoms with Gasteiger partial charge in [-0.3, -0.25) is 9.59 Å². The van der Waals surface area contributed by atoms with Crippen molar-refractivity contribution in [3.63, 3.8) is 0 Å². The van der Waals surface area contributed by atoms with E-state index in [0.717, 1.165) is 13.0 Å². The third kappa shape index (κ3) is 3.73. The fourth-order valence-corrected chi connectivity index (χ4v) is 1.32. The number of carbonyl (C=O) groups is 2. The molecule has 4 N–H and O–H groups in total. The molecule has 6 heteroatoms. The fourth-order valence-electron chi connectivity index (χ4n) is 1.32. The van der Waals surface area contributed by atoms with Gasteiger partial charge < -0.3 is 16.4 Å². The maximum atomic E-state index is 11.9. The van der Waals surface area contributed by atoms with Gasteiger partial charge in [0.2, 0.25) is 5.91 Å². The monoisotopic (exact) mass is 250 g/mol. The number of nitrogens with one attached hydrogen (secondary N) is 2. The van der Waals surface area contributed by atoms with E-state index >= 15 is 0 Å². The number of carbonyl (C=O) groups excluding carboxylic acids is 2. The molecule has 0 radical (unpaired) electrons. The Kier molecular flexibility index (Phi) is 5.10. The van der Waals surface area contributed by atoms with E-state index in [-0.39, 0.29) is 5.91 Å². The van der Waals surface area contributed by atoms with Crippen LogP contribution >= 0.6 is 0 Å². The van der Waals surface area contributed by atoms with Crippen LogP contribution in [0.4, 0.5) is 5.82 Å². The van der Waals surface area contributed by atoms with Crippen molar-refractivity contribution in [1.82, 2.24) is 10.3 Å². The molecule has 0 saturated carbocycles. The summed E-state index contributed by atoms with van der Waals surface area (Å²) < 4.78 is 0. The fraction of sp³-hybridized carbons (Fsp3) is 0.417. The van der Waals surface area contributed by atoms with Gasteiger partial charge in [-0.25, -0.2) is 4.98 Å². The molecule has 0 bridgehead atoms. The van der Waals surface area contributed by atoms with Crippen molar-refractivity contribution >= 4 is 17.6 Å². The molecule has 1 atom stereocenters. The zero-order chi connectivity index (χ0) is 13.5. The zero-order valence-corrected chi connectivity index (χ0v) is 10.6. The number of aromatic nitrogens is 1. The van der Waals surface area contributed by atoms with Crippen molar-refractivity contribution < 1.29 is 9.59 Å². The van der Waals surface area contributed by atoms with E-state index in [4.69, 9.17) is 5.73 Å². The molecular weight excluding hydrogens is 232 g/mol. The van der Waals surface area contributed by atoms with Crippen LogP contribution in [0, 0.1) is 0 Å². The van der Waals surface area contributed by atoms with E-state index in [1.165, 1.54) is 6.92 Å². The Morgan fingerprint density at radius 3 is 2.83 bits per heavy atom. The topological polar surface area (TPSA) is 97.1 Å². The standard InChI is InChI=1S/C12H18N4O2/c1-3-6-14-11-9(5-4-7-15-11)12(18)16-8(2)10(13)17/h4-5,7-8H,3,6H2,1-2H3,(H2,13,17)(H,14,15)(H,16,18). The number of nitrogens with two attached hydrogens (primary N) is 1. The van der Waals surface area contributed by atoms with Gasteiger partial charge >= 0.3 is 0 Å². The first-order valence-electron chi connectivity index (χ1n) is 5.85. The smallest absolute Gasteiger partial charge is 0.255 e. The van der Waals surface area contributed by atoms with Crippen molar-refractivity contribution in [2.45, 2.75) is 26.3 Å². The molecule has 1 aromatic heterocycles. The second-order valence-corrected chi connectivity index (χ2v) is 3.92. The summed E-state index contributed by atoms with van der Waals surface area (Å²) in [5, 5.41) is 5.58. The Labute approximate surface area is 106 Å². The molecule has 1 heterocycles. The van der Waals surface area contributed by atoms with Crippen molar-refractivity contribution in [2.24, 2.45) is 5.73 Å². The maximum Gasteiger partial charge on any atom is 0.255 e. The molecule has 18 heavy (non-hydrogen) atoms. The normalized spacial score (nSPS) is 11.7. The lowest BCUT2D eigenvalue weighted by Crippen LogP contribution is -2.42. The summed E-state index contributed by atoms with van der Waals surface area (Å²) in [6.07, 6.45) is 2.53. The molecule has 6 nitrogen and oxygen atoms in total. The van der Waals surface area contributed by atoms with Crippen molar-refractivity contribution in [1.29, 1.82) is 0 Å². The molecule has 98 valence electrons. The lowest BCUT2D eigenvalue weighted by Gasteiger charge is -2.13. The van der Waals surface area contributed by atoms with Gasteiger partial charge in [-0.15, -0.1) is 0 Å². The number of amides is 2. The first kappa shape index (κ1) is 14.0. The average Bonchev–Trinajstić information content (AvgIpc) is 2.36. The molecule has 0 aliphatic heterocycles. The van der Waals surface area contributed by atoms with Crippen LogP contribution in [0.5, 0.6) is 0 Å².